The van der Waals surface area contributed by atoms with Crippen molar-refractivity contribution < 1.29 is 28.5 Å². The van der Waals surface area contributed by atoms with Gasteiger partial charge in [0.2, 0.25) is 5.91 Å². The molecule has 1 saturated carbocycles. The van der Waals surface area contributed by atoms with Crippen molar-refractivity contribution >= 4 is 5.91 Å². The van der Waals surface area contributed by atoms with Crippen molar-refractivity contribution in [3.8, 4) is 0 Å². The van der Waals surface area contributed by atoms with E-state index >= 15 is 0 Å². The van der Waals surface area contributed by atoms with Gasteiger partial charge >= 0.3 is 0 Å². The van der Waals surface area contributed by atoms with Crippen molar-refractivity contribution in [1.29, 1.82) is 0 Å². The Bertz CT molecular complexity index is 750. The summed E-state index contributed by atoms with van der Waals surface area (Å²) in [4.78, 5) is 15.4. The molecule has 1 aromatic carbocycles. The minimum atomic E-state index is -0.718. The van der Waals surface area contributed by atoms with Crippen LogP contribution in [0.2, 0.25) is 0 Å². The van der Waals surface area contributed by atoms with Crippen LogP contribution in [-0.4, -0.2) is 68.0 Å². The molecule has 33 heavy (non-hydrogen) atoms. The van der Waals surface area contributed by atoms with E-state index in [9.17, 15) is 4.79 Å². The SMILES string of the molecule is COCCCN(C[C@H]1O[C@@H]2OC(C)(C)O[C@@H]2[C@H]1OCc1ccccc1)C(=O)C1CCCCC1. The van der Waals surface area contributed by atoms with Crippen LogP contribution in [0, 0.1) is 5.92 Å². The van der Waals surface area contributed by atoms with E-state index in [0.717, 1.165) is 37.7 Å². The molecule has 184 valence electrons. The Labute approximate surface area is 197 Å². The molecule has 0 aromatic heterocycles. The molecule has 3 aliphatic rings. The Balaban J connectivity index is 1.46. The number of carbonyl (C=O) groups excluding carboxylic acids is 1. The molecule has 7 heteroatoms. The fourth-order valence-corrected chi connectivity index (χ4v) is 5.18. The van der Waals surface area contributed by atoms with E-state index in [1.807, 2.05) is 49.1 Å². The highest BCUT2D eigenvalue weighted by Gasteiger charge is 2.55. The largest absolute Gasteiger partial charge is 0.385 e. The molecule has 0 N–H and O–H groups in total. The van der Waals surface area contributed by atoms with E-state index in [0.29, 0.717) is 26.3 Å². The van der Waals surface area contributed by atoms with Crippen LogP contribution in [0.3, 0.4) is 0 Å². The minimum Gasteiger partial charge on any atom is -0.385 e. The Morgan fingerprint density at radius 2 is 1.88 bits per heavy atom. The Morgan fingerprint density at radius 3 is 2.61 bits per heavy atom. The van der Waals surface area contributed by atoms with E-state index in [4.69, 9.17) is 23.7 Å². The van der Waals surface area contributed by atoms with Crippen molar-refractivity contribution in [3.05, 3.63) is 35.9 Å². The molecule has 3 fully saturated rings. The van der Waals surface area contributed by atoms with Crippen LogP contribution >= 0.6 is 0 Å². The normalized spacial score (nSPS) is 29.2. The van der Waals surface area contributed by atoms with Crippen LogP contribution in [0.5, 0.6) is 0 Å². The van der Waals surface area contributed by atoms with Crippen LogP contribution in [0.1, 0.15) is 57.9 Å². The summed E-state index contributed by atoms with van der Waals surface area (Å²) in [6.07, 6.45) is 4.80. The van der Waals surface area contributed by atoms with Gasteiger partial charge in [-0.1, -0.05) is 49.6 Å². The number of nitrogens with zero attached hydrogens (tertiary/aromatic N) is 1. The van der Waals surface area contributed by atoms with Crippen molar-refractivity contribution in [2.75, 3.05) is 26.8 Å². The minimum absolute atomic E-state index is 0.109. The highest BCUT2D eigenvalue weighted by Crippen LogP contribution is 2.39. The number of hydrogen-bond acceptors (Lipinski definition) is 6. The zero-order valence-corrected chi connectivity index (χ0v) is 20.2. The van der Waals surface area contributed by atoms with Gasteiger partial charge in [0, 0.05) is 32.7 Å². The topological polar surface area (TPSA) is 66.5 Å². The molecular formula is C26H39NO6. The predicted octanol–water partition coefficient (Wildman–Crippen LogP) is 3.89. The molecule has 0 spiro atoms. The average Bonchev–Trinajstić information content (AvgIpc) is 3.28. The summed E-state index contributed by atoms with van der Waals surface area (Å²) in [6, 6.07) is 10.1. The van der Waals surface area contributed by atoms with Crippen molar-refractivity contribution in [2.45, 2.75) is 89.4 Å². The lowest BCUT2D eigenvalue weighted by molar-refractivity contribution is -0.221. The molecule has 1 amide bonds. The predicted molar refractivity (Wildman–Crippen MR) is 123 cm³/mol. The molecule has 1 aromatic rings. The zero-order chi connectivity index (χ0) is 23.3. The van der Waals surface area contributed by atoms with Crippen LogP contribution in [0.25, 0.3) is 0 Å². The lowest BCUT2D eigenvalue weighted by Crippen LogP contribution is -2.47. The van der Waals surface area contributed by atoms with Crippen LogP contribution in [0.4, 0.5) is 0 Å². The number of carbonyl (C=O) groups is 1. The second kappa shape index (κ2) is 11.3. The molecule has 4 atom stereocenters. The second-order valence-corrected chi connectivity index (χ2v) is 9.87. The maximum Gasteiger partial charge on any atom is 0.225 e. The number of ether oxygens (including phenoxy) is 5. The van der Waals surface area contributed by atoms with Crippen LogP contribution < -0.4 is 0 Å². The van der Waals surface area contributed by atoms with Gasteiger partial charge in [0.1, 0.15) is 18.3 Å². The van der Waals surface area contributed by atoms with Crippen LogP contribution in [-0.2, 0) is 35.1 Å². The molecule has 2 aliphatic heterocycles. The molecule has 2 heterocycles. The first-order valence-electron chi connectivity index (χ1n) is 12.4. The van der Waals surface area contributed by atoms with Crippen LogP contribution in [0.15, 0.2) is 30.3 Å². The third kappa shape index (κ3) is 6.34. The monoisotopic (exact) mass is 461 g/mol. The standard InChI is InChI=1S/C26H39NO6/c1-26(2)32-23-22(30-18-19-11-6-4-7-12-19)21(31-25(23)33-26)17-27(15-10-16-29-3)24(28)20-13-8-5-9-14-20/h4,6-7,11-12,20-23,25H,5,8-10,13-18H2,1-3H3/t21-,22+,23-,25-/m1/s1. The molecule has 2 saturated heterocycles. The summed E-state index contributed by atoms with van der Waals surface area (Å²) in [5, 5.41) is 0. The third-order valence-electron chi connectivity index (χ3n) is 6.82. The van der Waals surface area contributed by atoms with Gasteiger partial charge in [-0.15, -0.1) is 0 Å². The van der Waals surface area contributed by atoms with Gasteiger partial charge in [0.15, 0.2) is 12.1 Å². The van der Waals surface area contributed by atoms with E-state index in [2.05, 4.69) is 0 Å². The number of fused-ring (bicyclic) bond motifs is 1. The maximum atomic E-state index is 13.4. The second-order valence-electron chi connectivity index (χ2n) is 9.87. The van der Waals surface area contributed by atoms with Crippen molar-refractivity contribution in [2.24, 2.45) is 5.92 Å². The first-order valence-corrected chi connectivity index (χ1v) is 12.4. The van der Waals surface area contributed by atoms with Gasteiger partial charge in [0.05, 0.1) is 6.61 Å². The van der Waals surface area contributed by atoms with E-state index in [1.54, 1.807) is 7.11 Å². The van der Waals surface area contributed by atoms with Gasteiger partial charge in [-0.3, -0.25) is 4.79 Å². The Morgan fingerprint density at radius 1 is 1.12 bits per heavy atom. The summed E-state index contributed by atoms with van der Waals surface area (Å²) in [6.45, 7) is 5.98. The molecule has 0 radical (unpaired) electrons. The fourth-order valence-electron chi connectivity index (χ4n) is 5.18. The first-order chi connectivity index (χ1) is 16.0. The molecule has 4 rings (SSSR count). The molecule has 1 aliphatic carbocycles. The van der Waals surface area contributed by atoms with Gasteiger partial charge in [-0.05, 0) is 38.7 Å². The average molecular weight is 462 g/mol. The number of rotatable bonds is 10. The lowest BCUT2D eigenvalue weighted by atomic mass is 9.88. The van der Waals surface area contributed by atoms with Gasteiger partial charge in [-0.2, -0.15) is 0 Å². The third-order valence-corrected chi connectivity index (χ3v) is 6.82. The van der Waals surface area contributed by atoms with E-state index < -0.39 is 12.1 Å². The summed E-state index contributed by atoms with van der Waals surface area (Å²) < 4.78 is 30.1. The molecule has 7 nitrogen and oxygen atoms in total. The fraction of sp³-hybridized carbons (Fsp3) is 0.731. The highest BCUT2D eigenvalue weighted by atomic mass is 16.8. The van der Waals surface area contributed by atoms with Crippen molar-refractivity contribution in [3.63, 3.8) is 0 Å². The number of benzene rings is 1. The smallest absolute Gasteiger partial charge is 0.225 e. The van der Waals surface area contributed by atoms with Gasteiger partial charge < -0.3 is 28.6 Å². The number of amides is 1. The zero-order valence-electron chi connectivity index (χ0n) is 20.2. The number of hydrogen-bond donors (Lipinski definition) is 0. The lowest BCUT2D eigenvalue weighted by Gasteiger charge is -2.33. The summed E-state index contributed by atoms with van der Waals surface area (Å²) in [7, 11) is 1.69. The Hall–Kier alpha value is -1.51. The first kappa shape index (κ1) is 24.6. The summed E-state index contributed by atoms with van der Waals surface area (Å²) in [5.74, 6) is -0.377. The van der Waals surface area contributed by atoms with Crippen molar-refractivity contribution in [1.82, 2.24) is 4.90 Å². The van der Waals surface area contributed by atoms with E-state index in [1.165, 1.54) is 6.42 Å². The maximum absolute atomic E-state index is 13.4. The summed E-state index contributed by atoms with van der Waals surface area (Å²) in [5.41, 5.74) is 1.09. The summed E-state index contributed by atoms with van der Waals surface area (Å²) >= 11 is 0. The molecular weight excluding hydrogens is 422 g/mol. The van der Waals surface area contributed by atoms with Gasteiger partial charge in [-0.25, -0.2) is 0 Å². The Kier molecular flexibility index (Phi) is 8.41. The highest BCUT2D eigenvalue weighted by molar-refractivity contribution is 5.79. The molecule has 0 unspecified atom stereocenters. The van der Waals surface area contributed by atoms with Gasteiger partial charge in [0.25, 0.3) is 0 Å². The molecule has 0 bridgehead atoms. The number of methoxy groups -OCH3 is 1. The van der Waals surface area contributed by atoms with E-state index in [-0.39, 0.29) is 30.1 Å². The quantitative estimate of drug-likeness (QED) is 0.493.